The Morgan fingerprint density at radius 3 is 2.92 bits per heavy atom. The molecule has 1 saturated heterocycles. The van der Waals surface area contributed by atoms with Crippen molar-refractivity contribution >= 4 is 17.5 Å². The Balaban J connectivity index is 1.72. The van der Waals surface area contributed by atoms with Gasteiger partial charge in [-0.05, 0) is 43.1 Å². The molecular weight excluding hydrogens is 341 g/mol. The number of nitrogens with one attached hydrogen (secondary N) is 1. The van der Waals surface area contributed by atoms with Crippen LogP contribution in [0.3, 0.4) is 0 Å². The summed E-state index contributed by atoms with van der Waals surface area (Å²) >= 11 is 5.76. The standard InChI is InChI=1S/C19H23ClFN3O/c1-23(2)19(25)15-7-8-22-18(15)14-4-3-9-24(12-14)11-13-5-6-16(20)17(21)10-13/h5-8,10,14,22H,3-4,9,11-12H2,1-2H3. The van der Waals surface area contributed by atoms with Crippen molar-refractivity contribution in [1.29, 1.82) is 0 Å². The first-order valence-corrected chi connectivity index (χ1v) is 8.88. The molecule has 0 bridgehead atoms. The second-order valence-corrected chi connectivity index (χ2v) is 7.23. The zero-order chi connectivity index (χ0) is 18.0. The lowest BCUT2D eigenvalue weighted by Crippen LogP contribution is -2.35. The normalized spacial score (nSPS) is 18.3. The van der Waals surface area contributed by atoms with E-state index in [1.54, 1.807) is 25.1 Å². The van der Waals surface area contributed by atoms with Crippen LogP contribution in [0.2, 0.25) is 5.02 Å². The predicted molar refractivity (Wildman–Crippen MR) is 97.5 cm³/mol. The van der Waals surface area contributed by atoms with Crippen molar-refractivity contribution in [2.45, 2.75) is 25.3 Å². The van der Waals surface area contributed by atoms with Gasteiger partial charge in [0.15, 0.2) is 0 Å². The van der Waals surface area contributed by atoms with Crippen LogP contribution >= 0.6 is 11.6 Å². The number of amides is 1. The van der Waals surface area contributed by atoms with E-state index in [1.807, 2.05) is 18.3 Å². The van der Waals surface area contributed by atoms with Crippen LogP contribution in [0.4, 0.5) is 4.39 Å². The SMILES string of the molecule is CN(C)C(=O)c1cc[nH]c1C1CCCN(Cc2ccc(Cl)c(F)c2)C1. The zero-order valence-corrected chi connectivity index (χ0v) is 15.3. The van der Waals surface area contributed by atoms with E-state index in [9.17, 15) is 9.18 Å². The highest BCUT2D eigenvalue weighted by Gasteiger charge is 2.26. The number of hydrogen-bond acceptors (Lipinski definition) is 2. The molecule has 4 nitrogen and oxygen atoms in total. The Bertz CT molecular complexity index is 759. The second-order valence-electron chi connectivity index (χ2n) is 6.83. The van der Waals surface area contributed by atoms with Gasteiger partial charge < -0.3 is 9.88 Å². The number of aromatic amines is 1. The van der Waals surface area contributed by atoms with Crippen molar-refractivity contribution in [1.82, 2.24) is 14.8 Å². The lowest BCUT2D eigenvalue weighted by Gasteiger charge is -2.33. The highest BCUT2D eigenvalue weighted by atomic mass is 35.5. The van der Waals surface area contributed by atoms with E-state index < -0.39 is 0 Å². The number of carbonyl (C=O) groups is 1. The van der Waals surface area contributed by atoms with Gasteiger partial charge in [-0.1, -0.05) is 17.7 Å². The number of benzene rings is 1. The van der Waals surface area contributed by atoms with E-state index >= 15 is 0 Å². The van der Waals surface area contributed by atoms with Gasteiger partial charge in [0.05, 0.1) is 10.6 Å². The van der Waals surface area contributed by atoms with Crippen molar-refractivity contribution in [2.75, 3.05) is 27.2 Å². The van der Waals surface area contributed by atoms with Crippen LogP contribution in [0.5, 0.6) is 0 Å². The first-order valence-electron chi connectivity index (χ1n) is 8.51. The molecule has 1 aromatic carbocycles. The first kappa shape index (κ1) is 18.0. The molecule has 0 aliphatic carbocycles. The van der Waals surface area contributed by atoms with Crippen LogP contribution in [0.25, 0.3) is 0 Å². The van der Waals surface area contributed by atoms with Gasteiger partial charge in [-0.2, -0.15) is 0 Å². The number of rotatable bonds is 4. The molecule has 1 amide bonds. The lowest BCUT2D eigenvalue weighted by molar-refractivity contribution is 0.0825. The molecule has 3 rings (SSSR count). The van der Waals surface area contributed by atoms with E-state index in [1.165, 1.54) is 6.07 Å². The number of nitrogens with zero attached hydrogens (tertiary/aromatic N) is 2. The number of piperidine rings is 1. The van der Waals surface area contributed by atoms with Crippen LogP contribution in [-0.4, -0.2) is 47.9 Å². The van der Waals surface area contributed by atoms with Crippen LogP contribution in [0, 0.1) is 5.82 Å². The van der Waals surface area contributed by atoms with Crippen LogP contribution in [-0.2, 0) is 6.54 Å². The third kappa shape index (κ3) is 4.05. The quantitative estimate of drug-likeness (QED) is 0.895. The summed E-state index contributed by atoms with van der Waals surface area (Å²) in [5.41, 5.74) is 2.67. The van der Waals surface area contributed by atoms with Gasteiger partial charge in [-0.15, -0.1) is 0 Å². The van der Waals surface area contributed by atoms with Gasteiger partial charge in [0.25, 0.3) is 5.91 Å². The first-order chi connectivity index (χ1) is 12.0. The summed E-state index contributed by atoms with van der Waals surface area (Å²) in [7, 11) is 3.53. The summed E-state index contributed by atoms with van der Waals surface area (Å²) in [5.74, 6) is -0.0797. The number of H-pyrrole nitrogens is 1. The minimum Gasteiger partial charge on any atom is -0.364 e. The summed E-state index contributed by atoms with van der Waals surface area (Å²) in [5, 5.41) is 0.151. The predicted octanol–water partition coefficient (Wildman–Crippen LogP) is 3.89. The molecular formula is C19H23ClFN3O. The summed E-state index contributed by atoms with van der Waals surface area (Å²) in [6, 6.07) is 6.82. The largest absolute Gasteiger partial charge is 0.364 e. The molecule has 1 fully saturated rings. The van der Waals surface area contributed by atoms with E-state index in [0.29, 0.717) is 6.54 Å². The highest BCUT2D eigenvalue weighted by Crippen LogP contribution is 2.30. The number of halogens is 2. The van der Waals surface area contributed by atoms with E-state index in [2.05, 4.69) is 9.88 Å². The molecule has 0 saturated carbocycles. The Morgan fingerprint density at radius 2 is 2.20 bits per heavy atom. The number of likely N-dealkylation sites (tertiary alicyclic amines) is 1. The molecule has 0 spiro atoms. The molecule has 2 heterocycles. The fourth-order valence-electron chi connectivity index (χ4n) is 3.48. The van der Waals surface area contributed by atoms with E-state index in [-0.39, 0.29) is 22.7 Å². The average molecular weight is 364 g/mol. The van der Waals surface area contributed by atoms with Crippen molar-refractivity contribution in [2.24, 2.45) is 0 Å². The fourth-order valence-corrected chi connectivity index (χ4v) is 3.60. The Morgan fingerprint density at radius 1 is 1.40 bits per heavy atom. The number of aromatic nitrogens is 1. The van der Waals surface area contributed by atoms with E-state index in [4.69, 9.17) is 11.6 Å². The molecule has 6 heteroatoms. The third-order valence-corrected chi connectivity index (χ3v) is 5.03. The maximum absolute atomic E-state index is 13.7. The monoisotopic (exact) mass is 363 g/mol. The Kier molecular flexibility index (Phi) is 5.45. The summed E-state index contributed by atoms with van der Waals surface area (Å²) in [4.78, 5) is 19.5. The molecule has 134 valence electrons. The number of hydrogen-bond donors (Lipinski definition) is 1. The van der Waals surface area contributed by atoms with Crippen LogP contribution in [0.1, 0.15) is 40.4 Å². The molecule has 1 aliphatic rings. The maximum Gasteiger partial charge on any atom is 0.255 e. The molecule has 2 aromatic rings. The van der Waals surface area contributed by atoms with Gasteiger partial charge in [0.1, 0.15) is 5.82 Å². The molecule has 1 aliphatic heterocycles. The Hall–Kier alpha value is -1.85. The number of carbonyl (C=O) groups excluding carboxylic acids is 1. The fraction of sp³-hybridized carbons (Fsp3) is 0.421. The molecule has 1 aromatic heterocycles. The smallest absolute Gasteiger partial charge is 0.255 e. The van der Waals surface area contributed by atoms with Crippen molar-refractivity contribution < 1.29 is 9.18 Å². The maximum atomic E-state index is 13.7. The van der Waals surface area contributed by atoms with Crippen LogP contribution < -0.4 is 0 Å². The van der Waals surface area contributed by atoms with Gasteiger partial charge in [-0.25, -0.2) is 4.39 Å². The second kappa shape index (κ2) is 7.58. The third-order valence-electron chi connectivity index (χ3n) is 4.72. The minimum atomic E-state index is -0.379. The molecule has 1 unspecified atom stereocenters. The summed E-state index contributed by atoms with van der Waals surface area (Å²) in [6.45, 7) is 2.50. The minimum absolute atomic E-state index is 0.0214. The van der Waals surface area contributed by atoms with Gasteiger partial charge in [0, 0.05) is 45.0 Å². The molecule has 0 radical (unpaired) electrons. The molecule has 25 heavy (non-hydrogen) atoms. The van der Waals surface area contributed by atoms with Crippen molar-refractivity contribution in [3.05, 3.63) is 58.1 Å². The lowest BCUT2D eigenvalue weighted by atomic mass is 9.92. The van der Waals surface area contributed by atoms with Gasteiger partial charge >= 0.3 is 0 Å². The molecule has 1 N–H and O–H groups in total. The zero-order valence-electron chi connectivity index (χ0n) is 14.6. The molecule has 1 atom stereocenters. The van der Waals surface area contributed by atoms with Crippen molar-refractivity contribution in [3.8, 4) is 0 Å². The van der Waals surface area contributed by atoms with Gasteiger partial charge in [0.2, 0.25) is 0 Å². The Labute approximate surface area is 152 Å². The van der Waals surface area contributed by atoms with E-state index in [0.717, 1.165) is 42.8 Å². The van der Waals surface area contributed by atoms with Crippen molar-refractivity contribution in [3.63, 3.8) is 0 Å². The highest BCUT2D eigenvalue weighted by molar-refractivity contribution is 6.30. The summed E-state index contributed by atoms with van der Waals surface area (Å²) < 4.78 is 13.7. The topological polar surface area (TPSA) is 39.3 Å². The summed E-state index contributed by atoms with van der Waals surface area (Å²) in [6.07, 6.45) is 3.93. The van der Waals surface area contributed by atoms with Gasteiger partial charge in [-0.3, -0.25) is 9.69 Å². The van der Waals surface area contributed by atoms with Crippen LogP contribution in [0.15, 0.2) is 30.5 Å². The average Bonchev–Trinajstić information content (AvgIpc) is 3.07.